The van der Waals surface area contributed by atoms with Gasteiger partial charge in [-0.15, -0.1) is 0 Å². The predicted molar refractivity (Wildman–Crippen MR) is 127 cm³/mol. The van der Waals surface area contributed by atoms with Crippen molar-refractivity contribution in [3.63, 3.8) is 0 Å². The Balaban J connectivity index is 1.36. The van der Waals surface area contributed by atoms with Crippen molar-refractivity contribution in [2.75, 3.05) is 11.9 Å². The van der Waals surface area contributed by atoms with Gasteiger partial charge in [-0.25, -0.2) is 4.85 Å². The zero-order valence-electron chi connectivity index (χ0n) is 18.5. The Kier molecular flexibility index (Phi) is 5.50. The number of nitrogens with one attached hydrogen (secondary N) is 1. The van der Waals surface area contributed by atoms with Crippen LogP contribution in [0.2, 0.25) is 0 Å². The average Bonchev–Trinajstić information content (AvgIpc) is 3.48. The second-order valence-corrected chi connectivity index (χ2v) is 8.84. The van der Waals surface area contributed by atoms with E-state index in [0.29, 0.717) is 37.2 Å². The highest BCUT2D eigenvalue weighted by Gasteiger charge is 2.63. The van der Waals surface area contributed by atoms with Gasteiger partial charge in [-0.05, 0) is 54.7 Å². The van der Waals surface area contributed by atoms with Gasteiger partial charge < -0.3 is 15.2 Å². The summed E-state index contributed by atoms with van der Waals surface area (Å²) in [6.07, 6.45) is 5.27. The van der Waals surface area contributed by atoms with Crippen molar-refractivity contribution in [2.24, 2.45) is 5.92 Å². The lowest BCUT2D eigenvalue weighted by Crippen LogP contribution is -2.22. The molecule has 1 amide bonds. The van der Waals surface area contributed by atoms with E-state index in [9.17, 15) is 9.59 Å². The Morgan fingerprint density at radius 2 is 2.09 bits per heavy atom. The molecule has 1 saturated carbocycles. The molecule has 170 valence electrons. The fraction of sp³-hybridized carbons (Fsp3) is 0.259. The number of benzene rings is 2. The van der Waals surface area contributed by atoms with Crippen LogP contribution < -0.4 is 10.1 Å². The molecule has 3 aromatic rings. The third-order valence-corrected chi connectivity index (χ3v) is 6.71. The van der Waals surface area contributed by atoms with E-state index < -0.39 is 5.97 Å². The molecule has 1 aromatic heterocycles. The number of carboxylic acid groups (broad SMARTS) is 1. The number of carbonyl (C=O) groups is 2. The minimum atomic E-state index is -0.853. The molecule has 0 radical (unpaired) electrons. The number of rotatable bonds is 7. The number of pyridine rings is 1. The van der Waals surface area contributed by atoms with Crippen LogP contribution in [0.25, 0.3) is 16.0 Å². The molecule has 0 saturated heterocycles. The summed E-state index contributed by atoms with van der Waals surface area (Å²) >= 11 is 0. The van der Waals surface area contributed by atoms with E-state index >= 15 is 0 Å². The van der Waals surface area contributed by atoms with E-state index in [1.807, 2.05) is 30.5 Å². The number of nitrogens with zero attached hydrogens (tertiary/aromatic N) is 2. The smallest absolute Gasteiger partial charge is 0.303 e. The number of aryl methyl sites for hydroxylation is 1. The summed E-state index contributed by atoms with van der Waals surface area (Å²) in [6.45, 7) is 7.76. The van der Waals surface area contributed by atoms with E-state index in [1.54, 1.807) is 24.4 Å². The Bertz CT molecular complexity index is 1320. The second kappa shape index (κ2) is 8.64. The van der Waals surface area contributed by atoms with Crippen LogP contribution in [0.5, 0.6) is 5.75 Å². The van der Waals surface area contributed by atoms with Crippen LogP contribution >= 0.6 is 0 Å². The van der Waals surface area contributed by atoms with Crippen LogP contribution in [0.1, 0.15) is 30.4 Å². The minimum absolute atomic E-state index is 0.0527. The van der Waals surface area contributed by atoms with Crippen molar-refractivity contribution in [1.29, 1.82) is 0 Å². The summed E-state index contributed by atoms with van der Waals surface area (Å²) in [4.78, 5) is 31.8. The largest absolute Gasteiger partial charge is 0.492 e. The van der Waals surface area contributed by atoms with Crippen molar-refractivity contribution in [1.82, 2.24) is 4.98 Å². The van der Waals surface area contributed by atoms with Gasteiger partial charge in [-0.2, -0.15) is 0 Å². The van der Waals surface area contributed by atoms with E-state index in [0.717, 1.165) is 28.0 Å². The summed E-state index contributed by atoms with van der Waals surface area (Å²) in [5.74, 6) is -0.382. The summed E-state index contributed by atoms with van der Waals surface area (Å²) < 4.78 is 5.94. The number of anilines is 1. The first-order valence-electron chi connectivity index (χ1n) is 11.2. The number of hydrogen-bond acceptors (Lipinski definition) is 4. The summed E-state index contributed by atoms with van der Waals surface area (Å²) in [5.41, 5.74) is 4.58. The molecule has 2 atom stereocenters. The maximum absolute atomic E-state index is 13.3. The van der Waals surface area contributed by atoms with E-state index in [4.69, 9.17) is 16.4 Å². The Labute approximate surface area is 197 Å². The zero-order valence-corrected chi connectivity index (χ0v) is 18.5. The molecule has 1 aliphatic carbocycles. The molecular weight excluding hydrogens is 430 g/mol. The van der Waals surface area contributed by atoms with Gasteiger partial charge in [0.25, 0.3) is 0 Å². The van der Waals surface area contributed by atoms with Gasteiger partial charge in [0, 0.05) is 41.0 Å². The number of aromatic nitrogens is 1. The van der Waals surface area contributed by atoms with Gasteiger partial charge in [-0.1, -0.05) is 24.3 Å². The number of ether oxygens (including phenoxy) is 1. The first-order chi connectivity index (χ1) is 16.5. The highest BCUT2D eigenvalue weighted by Crippen LogP contribution is 2.60. The fourth-order valence-corrected chi connectivity index (χ4v) is 4.77. The molecule has 1 aliphatic heterocycles. The first kappa shape index (κ1) is 21.7. The van der Waals surface area contributed by atoms with Gasteiger partial charge in [0.1, 0.15) is 5.75 Å². The van der Waals surface area contributed by atoms with E-state index in [2.05, 4.69) is 21.2 Å². The summed E-state index contributed by atoms with van der Waals surface area (Å²) in [5, 5.41) is 12.0. The predicted octanol–water partition coefficient (Wildman–Crippen LogP) is 5.00. The monoisotopic (exact) mass is 453 g/mol. The molecule has 34 heavy (non-hydrogen) atoms. The lowest BCUT2D eigenvalue weighted by Gasteiger charge is -2.14. The van der Waals surface area contributed by atoms with E-state index in [-0.39, 0.29) is 23.7 Å². The molecule has 2 heterocycles. The normalized spacial score (nSPS) is 19.7. The lowest BCUT2D eigenvalue weighted by molar-refractivity contribution is -0.137. The molecule has 2 N–H and O–H groups in total. The van der Waals surface area contributed by atoms with Crippen LogP contribution in [-0.2, 0) is 21.4 Å². The number of carbonyl (C=O) groups excluding carboxylic acids is 1. The van der Waals surface area contributed by atoms with Crippen LogP contribution in [-0.4, -0.2) is 28.6 Å². The van der Waals surface area contributed by atoms with Crippen LogP contribution in [0, 0.1) is 12.5 Å². The zero-order chi connectivity index (χ0) is 23.7. The average molecular weight is 453 g/mol. The standard InChI is InChI=1S/C27H23N3O4/c1-28-20-9-7-17(4-2-6-25(31)32)23(13-20)30-26(33)22-14-27(22)16-34-24-10-8-18(12-21(24)27)19-5-3-11-29-15-19/h3,5,7-13,15,22H,2,4,6,14,16H2,(H,30,33)(H,31,32)/t22-,27+/m0/s1. The summed E-state index contributed by atoms with van der Waals surface area (Å²) in [7, 11) is 0. The molecule has 1 spiro atoms. The van der Waals surface area contributed by atoms with Gasteiger partial charge >= 0.3 is 5.97 Å². The maximum atomic E-state index is 13.3. The number of fused-ring (bicyclic) bond motifs is 2. The molecule has 5 rings (SSSR count). The molecular formula is C27H23N3O4. The topological polar surface area (TPSA) is 92.9 Å². The number of carboxylic acids is 1. The Morgan fingerprint density at radius 1 is 1.21 bits per heavy atom. The van der Waals surface area contributed by atoms with Crippen molar-refractivity contribution >= 4 is 23.3 Å². The molecule has 1 fully saturated rings. The quantitative estimate of drug-likeness (QED) is 0.492. The van der Waals surface area contributed by atoms with Crippen molar-refractivity contribution in [3.05, 3.63) is 83.5 Å². The highest BCUT2D eigenvalue weighted by atomic mass is 16.5. The molecule has 2 aliphatic rings. The SMILES string of the molecule is [C-]#[N+]c1ccc(CCCC(=O)O)c(NC(=O)[C@@H]2C[C@]23COc2ccc(-c4cccnc4)cc23)c1. The van der Waals surface area contributed by atoms with Crippen molar-refractivity contribution in [2.45, 2.75) is 31.1 Å². The highest BCUT2D eigenvalue weighted by molar-refractivity contribution is 5.97. The molecule has 2 aromatic carbocycles. The number of hydrogen-bond donors (Lipinski definition) is 2. The van der Waals surface area contributed by atoms with Crippen LogP contribution in [0.4, 0.5) is 11.4 Å². The van der Waals surface area contributed by atoms with Crippen LogP contribution in [0.15, 0.2) is 60.9 Å². The van der Waals surface area contributed by atoms with Gasteiger partial charge in [-0.3, -0.25) is 14.6 Å². The van der Waals surface area contributed by atoms with Gasteiger partial charge in [0.15, 0.2) is 5.69 Å². The fourth-order valence-electron chi connectivity index (χ4n) is 4.77. The minimum Gasteiger partial charge on any atom is -0.492 e. The molecule has 0 unspecified atom stereocenters. The van der Waals surface area contributed by atoms with Crippen molar-refractivity contribution < 1.29 is 19.4 Å². The number of amides is 1. The second-order valence-electron chi connectivity index (χ2n) is 8.84. The van der Waals surface area contributed by atoms with Crippen LogP contribution in [0.3, 0.4) is 0 Å². The lowest BCUT2D eigenvalue weighted by atomic mass is 9.92. The van der Waals surface area contributed by atoms with Gasteiger partial charge in [0.05, 0.1) is 19.1 Å². The van der Waals surface area contributed by atoms with E-state index in [1.165, 1.54) is 0 Å². The number of aliphatic carboxylic acids is 1. The Morgan fingerprint density at radius 3 is 2.85 bits per heavy atom. The third kappa shape index (κ3) is 3.99. The molecule has 7 nitrogen and oxygen atoms in total. The van der Waals surface area contributed by atoms with Gasteiger partial charge in [0.2, 0.25) is 5.91 Å². The molecule has 0 bridgehead atoms. The Hall–Kier alpha value is -4.18. The first-order valence-corrected chi connectivity index (χ1v) is 11.2. The summed E-state index contributed by atoms with van der Waals surface area (Å²) in [6, 6.07) is 15.1. The maximum Gasteiger partial charge on any atom is 0.303 e. The third-order valence-electron chi connectivity index (χ3n) is 6.71. The van der Waals surface area contributed by atoms with Crippen molar-refractivity contribution in [3.8, 4) is 16.9 Å². The molecule has 7 heteroatoms.